The van der Waals surface area contributed by atoms with E-state index in [4.69, 9.17) is 0 Å². The van der Waals surface area contributed by atoms with Crippen molar-refractivity contribution < 1.29 is 8.78 Å². The van der Waals surface area contributed by atoms with Gasteiger partial charge in [-0.3, -0.25) is 0 Å². The topological polar surface area (TPSA) is 3.24 Å². The quantitative estimate of drug-likeness (QED) is 0.615. The van der Waals surface area contributed by atoms with E-state index in [0.29, 0.717) is 6.54 Å². The van der Waals surface area contributed by atoms with E-state index < -0.39 is 12.3 Å². The van der Waals surface area contributed by atoms with E-state index in [1.54, 1.807) is 0 Å². The Morgan fingerprint density at radius 2 is 1.77 bits per heavy atom. The van der Waals surface area contributed by atoms with Gasteiger partial charge in [0.2, 0.25) is 6.43 Å². The van der Waals surface area contributed by atoms with Crippen LogP contribution < -0.4 is 0 Å². The number of halogens is 2. The molecule has 2 atom stereocenters. The minimum atomic E-state index is -2.17. The summed E-state index contributed by atoms with van der Waals surface area (Å²) < 4.78 is 25.3. The molecule has 0 amide bonds. The van der Waals surface area contributed by atoms with Crippen LogP contribution in [0.4, 0.5) is 8.78 Å². The number of hydrogen-bond donors (Lipinski definition) is 0. The molecule has 1 aliphatic rings. The lowest BCUT2D eigenvalue weighted by molar-refractivity contribution is 0.0328. The summed E-state index contributed by atoms with van der Waals surface area (Å²) in [6.45, 7) is 7.49. The molecule has 2 unspecified atom stereocenters. The van der Waals surface area contributed by atoms with Crippen molar-refractivity contribution in [2.75, 3.05) is 20.1 Å². The monoisotopic (exact) mass is 191 g/mol. The van der Waals surface area contributed by atoms with Gasteiger partial charge in [-0.05, 0) is 18.4 Å². The Hall–Kier alpha value is -0.180. The molecule has 1 saturated heterocycles. The second-order valence-corrected chi connectivity index (χ2v) is 5.19. The third kappa shape index (κ3) is 2.39. The third-order valence-corrected chi connectivity index (χ3v) is 2.98. The molecular weight excluding hydrogens is 172 g/mol. The first-order chi connectivity index (χ1) is 5.82. The molecular formula is C10H19F2N. The Labute approximate surface area is 79.1 Å². The van der Waals surface area contributed by atoms with Crippen molar-refractivity contribution in [2.45, 2.75) is 27.2 Å². The van der Waals surface area contributed by atoms with Crippen LogP contribution in [0.5, 0.6) is 0 Å². The third-order valence-electron chi connectivity index (χ3n) is 2.98. The fraction of sp³-hybridized carbons (Fsp3) is 1.00. The molecule has 1 nitrogen and oxygen atoms in total. The molecule has 78 valence electrons. The molecule has 3 heteroatoms. The van der Waals surface area contributed by atoms with Gasteiger partial charge in [0.05, 0.1) is 0 Å². The van der Waals surface area contributed by atoms with Gasteiger partial charge in [-0.2, -0.15) is 0 Å². The Balaban J connectivity index is 2.72. The first-order valence-electron chi connectivity index (χ1n) is 4.79. The highest BCUT2D eigenvalue weighted by atomic mass is 19.3. The van der Waals surface area contributed by atoms with Gasteiger partial charge in [0, 0.05) is 19.0 Å². The summed E-state index contributed by atoms with van der Waals surface area (Å²) in [5, 5.41) is 0. The lowest BCUT2D eigenvalue weighted by Crippen LogP contribution is -2.31. The van der Waals surface area contributed by atoms with E-state index in [1.165, 1.54) is 0 Å². The van der Waals surface area contributed by atoms with Crippen molar-refractivity contribution in [3.63, 3.8) is 0 Å². The van der Waals surface area contributed by atoms with Crippen LogP contribution in [0.25, 0.3) is 0 Å². The summed E-state index contributed by atoms with van der Waals surface area (Å²) in [5.74, 6) is -0.317. The van der Waals surface area contributed by atoms with Crippen molar-refractivity contribution in [3.05, 3.63) is 0 Å². The van der Waals surface area contributed by atoms with Crippen molar-refractivity contribution in [2.24, 2.45) is 17.3 Å². The minimum Gasteiger partial charge on any atom is -0.306 e. The van der Waals surface area contributed by atoms with Gasteiger partial charge in [0.1, 0.15) is 0 Å². The Bertz CT molecular complexity index is 174. The van der Waals surface area contributed by atoms with Crippen LogP contribution in [-0.2, 0) is 0 Å². The summed E-state index contributed by atoms with van der Waals surface area (Å²) in [6, 6.07) is 0. The standard InChI is InChI=1S/C10H19F2N/c1-10(2,3)8-6-13(4)5-7(8)9(11)12/h7-9H,5-6H2,1-4H3. The molecule has 0 bridgehead atoms. The maximum atomic E-state index is 12.7. The Morgan fingerprint density at radius 1 is 1.23 bits per heavy atom. The molecule has 13 heavy (non-hydrogen) atoms. The fourth-order valence-corrected chi connectivity index (χ4v) is 2.20. The zero-order valence-electron chi connectivity index (χ0n) is 8.85. The lowest BCUT2D eigenvalue weighted by Gasteiger charge is -2.31. The Morgan fingerprint density at radius 3 is 2.08 bits per heavy atom. The van der Waals surface area contributed by atoms with Gasteiger partial charge in [-0.25, -0.2) is 8.78 Å². The molecule has 0 spiro atoms. The number of hydrogen-bond acceptors (Lipinski definition) is 1. The zero-order chi connectivity index (χ0) is 10.2. The SMILES string of the molecule is CN1CC(C(F)F)C(C(C)(C)C)C1. The van der Waals surface area contributed by atoms with Crippen molar-refractivity contribution in [3.8, 4) is 0 Å². The number of alkyl halides is 2. The van der Waals surface area contributed by atoms with Gasteiger partial charge in [-0.15, -0.1) is 0 Å². The molecule has 0 aromatic heterocycles. The highest BCUT2D eigenvalue weighted by Crippen LogP contribution is 2.39. The van der Waals surface area contributed by atoms with E-state index in [-0.39, 0.29) is 11.3 Å². The van der Waals surface area contributed by atoms with Gasteiger partial charge in [-0.1, -0.05) is 20.8 Å². The van der Waals surface area contributed by atoms with Crippen LogP contribution in [0.3, 0.4) is 0 Å². The number of nitrogens with zero attached hydrogens (tertiary/aromatic N) is 1. The molecule has 0 aromatic rings. The van der Waals surface area contributed by atoms with Gasteiger partial charge >= 0.3 is 0 Å². The molecule has 0 N–H and O–H groups in total. The normalized spacial score (nSPS) is 31.6. The van der Waals surface area contributed by atoms with E-state index >= 15 is 0 Å². The van der Waals surface area contributed by atoms with Gasteiger partial charge < -0.3 is 4.90 Å². The van der Waals surface area contributed by atoms with Crippen LogP contribution >= 0.6 is 0 Å². The maximum Gasteiger partial charge on any atom is 0.242 e. The predicted octanol–water partition coefficient (Wildman–Crippen LogP) is 2.48. The second-order valence-electron chi connectivity index (χ2n) is 5.19. The van der Waals surface area contributed by atoms with Crippen molar-refractivity contribution >= 4 is 0 Å². The lowest BCUT2D eigenvalue weighted by atomic mass is 9.75. The average molecular weight is 191 g/mol. The molecule has 1 rings (SSSR count). The van der Waals surface area contributed by atoms with Crippen LogP contribution in [0, 0.1) is 17.3 Å². The molecule has 0 aliphatic carbocycles. The van der Waals surface area contributed by atoms with Crippen LogP contribution in [0.1, 0.15) is 20.8 Å². The Kier molecular flexibility index (Phi) is 2.95. The maximum absolute atomic E-state index is 12.7. The van der Waals surface area contributed by atoms with Crippen LogP contribution in [0.15, 0.2) is 0 Å². The minimum absolute atomic E-state index is 0.00808. The van der Waals surface area contributed by atoms with E-state index in [9.17, 15) is 8.78 Å². The van der Waals surface area contributed by atoms with Gasteiger partial charge in [0.25, 0.3) is 0 Å². The summed E-state index contributed by atoms with van der Waals surface area (Å²) in [4.78, 5) is 2.01. The van der Waals surface area contributed by atoms with E-state index in [1.807, 2.05) is 32.7 Å². The first-order valence-corrected chi connectivity index (χ1v) is 4.79. The molecule has 1 fully saturated rings. The highest BCUT2D eigenvalue weighted by Gasteiger charge is 2.42. The molecule has 0 aromatic carbocycles. The van der Waals surface area contributed by atoms with Crippen LogP contribution in [-0.4, -0.2) is 31.5 Å². The number of likely N-dealkylation sites (tertiary alicyclic amines) is 1. The molecule has 1 heterocycles. The van der Waals surface area contributed by atoms with Crippen LogP contribution in [0.2, 0.25) is 0 Å². The average Bonchev–Trinajstić information content (AvgIpc) is 2.29. The predicted molar refractivity (Wildman–Crippen MR) is 49.9 cm³/mol. The summed E-state index contributed by atoms with van der Waals surface area (Å²) in [6.07, 6.45) is -2.17. The fourth-order valence-electron chi connectivity index (χ4n) is 2.20. The van der Waals surface area contributed by atoms with E-state index in [2.05, 4.69) is 0 Å². The van der Waals surface area contributed by atoms with Crippen molar-refractivity contribution in [1.29, 1.82) is 0 Å². The zero-order valence-corrected chi connectivity index (χ0v) is 8.85. The largest absolute Gasteiger partial charge is 0.306 e. The van der Waals surface area contributed by atoms with Crippen molar-refractivity contribution in [1.82, 2.24) is 4.90 Å². The summed E-state index contributed by atoms with van der Waals surface area (Å²) in [7, 11) is 1.92. The number of rotatable bonds is 1. The summed E-state index contributed by atoms with van der Waals surface area (Å²) >= 11 is 0. The van der Waals surface area contributed by atoms with Gasteiger partial charge in [0.15, 0.2) is 0 Å². The second kappa shape index (κ2) is 3.52. The van der Waals surface area contributed by atoms with E-state index in [0.717, 1.165) is 6.54 Å². The first kappa shape index (κ1) is 10.9. The highest BCUT2D eigenvalue weighted by molar-refractivity contribution is 4.90. The summed E-state index contributed by atoms with van der Waals surface area (Å²) in [5.41, 5.74) is -0.00808. The smallest absolute Gasteiger partial charge is 0.242 e. The molecule has 0 radical (unpaired) electrons. The molecule has 1 aliphatic heterocycles. The molecule has 0 saturated carbocycles.